The third-order valence-corrected chi connectivity index (χ3v) is 6.45. The highest BCUT2D eigenvalue weighted by molar-refractivity contribution is 6.00. The molecular weight excluding hydrogens is 486 g/mol. The van der Waals surface area contributed by atoms with Crippen molar-refractivity contribution in [2.45, 2.75) is 58.2 Å². The van der Waals surface area contributed by atoms with Crippen LogP contribution in [-0.4, -0.2) is 65.4 Å². The summed E-state index contributed by atoms with van der Waals surface area (Å²) in [7, 11) is 1.59. The van der Waals surface area contributed by atoms with E-state index >= 15 is 0 Å². The number of aromatic nitrogens is 1. The summed E-state index contributed by atoms with van der Waals surface area (Å²) in [6, 6.07) is 10.9. The Bertz CT molecular complexity index is 1160. The Hall–Kier alpha value is -3.99. The molecule has 0 aliphatic heterocycles. The number of hydrazone groups is 2. The molecule has 11 nitrogen and oxygen atoms in total. The van der Waals surface area contributed by atoms with E-state index in [4.69, 9.17) is 10.5 Å². The van der Waals surface area contributed by atoms with Gasteiger partial charge < -0.3 is 26.2 Å². The summed E-state index contributed by atoms with van der Waals surface area (Å²) in [5, 5.41) is 25.0. The van der Waals surface area contributed by atoms with Crippen LogP contribution in [0.2, 0.25) is 0 Å². The number of pyridine rings is 1. The van der Waals surface area contributed by atoms with Crippen LogP contribution in [0, 0.1) is 12.8 Å². The van der Waals surface area contributed by atoms with Gasteiger partial charge in [0.2, 0.25) is 5.91 Å². The number of hydrogen-bond donors (Lipinski definition) is 4. The van der Waals surface area contributed by atoms with Gasteiger partial charge in [-0.15, -0.1) is 5.10 Å². The van der Waals surface area contributed by atoms with Crippen LogP contribution in [-0.2, 0) is 11.3 Å². The van der Waals surface area contributed by atoms with E-state index in [2.05, 4.69) is 32.5 Å². The lowest BCUT2D eigenvalue weighted by molar-refractivity contribution is -0.129. The summed E-state index contributed by atoms with van der Waals surface area (Å²) in [5.41, 5.74) is 8.61. The summed E-state index contributed by atoms with van der Waals surface area (Å²) in [5.74, 6) is 0.537. The van der Waals surface area contributed by atoms with Crippen molar-refractivity contribution in [3.8, 4) is 5.75 Å². The number of aliphatic hydroxyl groups is 1. The van der Waals surface area contributed by atoms with Gasteiger partial charge in [-0.1, -0.05) is 12.1 Å². The molecule has 1 saturated carbocycles. The van der Waals surface area contributed by atoms with Gasteiger partial charge in [0, 0.05) is 30.6 Å². The van der Waals surface area contributed by atoms with Crippen molar-refractivity contribution < 1.29 is 19.4 Å². The average Bonchev–Trinajstić information content (AvgIpc) is 2.91. The normalized spacial score (nSPS) is 18.3. The molecule has 1 aromatic carbocycles. The first kappa shape index (κ1) is 28.6. The molecule has 38 heavy (non-hydrogen) atoms. The number of carbonyl (C=O) groups excluding carboxylic acids is 2. The number of nitrogens with one attached hydrogen (secondary N) is 2. The first-order valence-corrected chi connectivity index (χ1v) is 12.6. The van der Waals surface area contributed by atoms with Crippen LogP contribution in [0.1, 0.15) is 59.9 Å². The smallest absolute Gasteiger partial charge is 0.270 e. The highest BCUT2D eigenvalue weighted by Gasteiger charge is 2.25. The number of methoxy groups -OCH3 is 1. The Morgan fingerprint density at radius 3 is 2.66 bits per heavy atom. The number of nitrogens with zero attached hydrogens (tertiary/aromatic N) is 4. The largest absolute Gasteiger partial charge is 0.497 e. The van der Waals surface area contributed by atoms with Gasteiger partial charge in [0.25, 0.3) is 5.91 Å². The van der Waals surface area contributed by atoms with Crippen molar-refractivity contribution in [3.05, 3.63) is 58.9 Å². The maximum absolute atomic E-state index is 12.8. The van der Waals surface area contributed by atoms with Crippen LogP contribution >= 0.6 is 0 Å². The summed E-state index contributed by atoms with van der Waals surface area (Å²) in [6.45, 7) is 7.71. The fraction of sp³-hybridized carbons (Fsp3) is 0.444. The predicted octanol–water partition coefficient (Wildman–Crippen LogP) is 1.92. The maximum Gasteiger partial charge on any atom is 0.270 e. The van der Waals surface area contributed by atoms with E-state index in [9.17, 15) is 14.7 Å². The molecule has 5 N–H and O–H groups in total. The lowest BCUT2D eigenvalue weighted by Crippen LogP contribution is -2.42. The second-order valence-corrected chi connectivity index (χ2v) is 9.50. The molecule has 0 saturated heterocycles. The third-order valence-electron chi connectivity index (χ3n) is 6.45. The van der Waals surface area contributed by atoms with Gasteiger partial charge in [-0.3, -0.25) is 9.59 Å². The van der Waals surface area contributed by atoms with Crippen LogP contribution in [0.4, 0.5) is 0 Å². The minimum Gasteiger partial charge on any atom is -0.497 e. The zero-order valence-electron chi connectivity index (χ0n) is 22.2. The van der Waals surface area contributed by atoms with Gasteiger partial charge in [0.15, 0.2) is 5.84 Å². The molecule has 1 aliphatic carbocycles. The Morgan fingerprint density at radius 2 is 2.00 bits per heavy atom. The number of amides is 2. The molecule has 2 aromatic rings. The highest BCUT2D eigenvalue weighted by atomic mass is 16.5. The Balaban J connectivity index is 1.60. The number of ether oxygens (including phenoxy) is 1. The summed E-state index contributed by atoms with van der Waals surface area (Å²) in [6.07, 6.45) is 2.36. The molecule has 3 rings (SSSR count). The van der Waals surface area contributed by atoms with Gasteiger partial charge in [0.1, 0.15) is 17.5 Å². The van der Waals surface area contributed by atoms with Gasteiger partial charge in [0.05, 0.1) is 13.7 Å². The van der Waals surface area contributed by atoms with Gasteiger partial charge in [-0.2, -0.15) is 10.2 Å². The van der Waals surface area contributed by atoms with Crippen LogP contribution < -0.4 is 21.1 Å². The molecule has 0 radical (unpaired) electrons. The summed E-state index contributed by atoms with van der Waals surface area (Å²) in [4.78, 5) is 28.9. The zero-order chi connectivity index (χ0) is 27.7. The van der Waals surface area contributed by atoms with E-state index in [1.165, 1.54) is 12.0 Å². The molecule has 1 fully saturated rings. The molecule has 1 aliphatic rings. The second-order valence-electron chi connectivity index (χ2n) is 9.50. The van der Waals surface area contributed by atoms with Crippen molar-refractivity contribution in [3.63, 3.8) is 0 Å². The number of aryl methyl sites for hydroxylation is 1. The van der Waals surface area contributed by atoms with Crippen LogP contribution in [0.5, 0.6) is 5.75 Å². The fourth-order valence-electron chi connectivity index (χ4n) is 4.34. The lowest BCUT2D eigenvalue weighted by atomic mass is 9.86. The molecule has 1 atom stereocenters. The third kappa shape index (κ3) is 8.27. The number of amidine groups is 1. The van der Waals surface area contributed by atoms with E-state index in [0.29, 0.717) is 36.0 Å². The van der Waals surface area contributed by atoms with E-state index in [0.717, 1.165) is 31.2 Å². The summed E-state index contributed by atoms with van der Waals surface area (Å²) < 4.78 is 5.23. The lowest BCUT2D eigenvalue weighted by Gasteiger charge is -2.30. The Labute approximate surface area is 223 Å². The van der Waals surface area contributed by atoms with Gasteiger partial charge in [-0.25, -0.2) is 4.98 Å². The molecule has 204 valence electrons. The fourth-order valence-corrected chi connectivity index (χ4v) is 4.34. The number of rotatable bonds is 11. The monoisotopic (exact) mass is 523 g/mol. The molecule has 0 unspecified atom stereocenters. The minimum atomic E-state index is -1.01. The van der Waals surface area contributed by atoms with Crippen LogP contribution in [0.3, 0.4) is 0 Å². The van der Waals surface area contributed by atoms with Crippen molar-refractivity contribution in [1.82, 2.24) is 20.7 Å². The maximum atomic E-state index is 12.8. The van der Waals surface area contributed by atoms with Crippen molar-refractivity contribution >= 4 is 24.4 Å². The molecule has 1 heterocycles. The Morgan fingerprint density at radius 1 is 1.26 bits per heavy atom. The van der Waals surface area contributed by atoms with Gasteiger partial charge >= 0.3 is 0 Å². The average molecular weight is 524 g/mol. The molecule has 0 bridgehead atoms. The predicted molar refractivity (Wildman–Crippen MR) is 146 cm³/mol. The first-order chi connectivity index (χ1) is 18.2. The first-order valence-electron chi connectivity index (χ1n) is 12.6. The van der Waals surface area contributed by atoms with E-state index in [1.807, 2.05) is 24.3 Å². The highest BCUT2D eigenvalue weighted by Crippen LogP contribution is 2.25. The van der Waals surface area contributed by atoms with E-state index in [1.54, 1.807) is 26.2 Å². The minimum absolute atomic E-state index is 0.0559. The van der Waals surface area contributed by atoms with Crippen molar-refractivity contribution in [2.24, 2.45) is 21.9 Å². The molecule has 1 aromatic heterocycles. The van der Waals surface area contributed by atoms with Crippen molar-refractivity contribution in [1.29, 1.82) is 0 Å². The number of carbonyl (C=O) groups is 2. The van der Waals surface area contributed by atoms with Crippen LogP contribution in [0.15, 0.2) is 46.6 Å². The number of benzene rings is 1. The second kappa shape index (κ2) is 13.5. The van der Waals surface area contributed by atoms with Crippen molar-refractivity contribution in [2.75, 3.05) is 13.7 Å². The van der Waals surface area contributed by atoms with Crippen LogP contribution in [0.25, 0.3) is 0 Å². The number of aliphatic hydroxyl groups excluding tert-OH is 1. The zero-order valence-corrected chi connectivity index (χ0v) is 22.2. The van der Waals surface area contributed by atoms with E-state index in [-0.39, 0.29) is 29.4 Å². The topological polar surface area (TPSA) is 155 Å². The Kier molecular flexibility index (Phi) is 10.2. The quantitative estimate of drug-likeness (QED) is 0.199. The summed E-state index contributed by atoms with van der Waals surface area (Å²) >= 11 is 0. The molecule has 2 amide bonds. The molecular formula is C27H37N7O4. The van der Waals surface area contributed by atoms with Gasteiger partial charge in [-0.05, 0) is 75.3 Å². The number of nitrogens with two attached hydrogens (primary N) is 1. The molecule has 0 spiro atoms. The molecule has 11 heteroatoms. The standard InChI is InChI=1S/C27H37N7O4/c1-17-12-21(14-24(31-17)27(37)30-15-20-6-5-7-23(13-20)38-4)25(28)33-34(29-3)16-19-8-10-22(11-9-19)32-26(36)18(2)35/h5-7,12-14,18-19,22,35H,3,8-11,15-16H2,1-2,4H3,(H2,28,33)(H,30,37)(H,32,36)/t18-,19-,22-/m0/s1. The SMILES string of the molecule is C=NN(C[C@H]1CC[C@H](NC(=O)[C@H](C)O)CC1)/N=C(\N)c1cc(C)nc(C(=O)NCc2cccc(OC)c2)c1. The van der Waals surface area contributed by atoms with E-state index < -0.39 is 6.10 Å². The number of hydrogen-bond acceptors (Lipinski definition) is 8.